The van der Waals surface area contributed by atoms with Crippen LogP contribution in [-0.4, -0.2) is 18.4 Å². The maximum absolute atomic E-state index is 12.2. The van der Waals surface area contributed by atoms with Crippen LogP contribution in [0, 0.1) is 0 Å². The van der Waals surface area contributed by atoms with Crippen LogP contribution in [0.5, 0.6) is 0 Å². The van der Waals surface area contributed by atoms with E-state index in [2.05, 4.69) is 62.5 Å². The molecule has 0 unspecified atom stereocenters. The number of halogens is 3. The highest BCUT2D eigenvalue weighted by molar-refractivity contribution is 9.11. The summed E-state index contributed by atoms with van der Waals surface area (Å²) in [7, 11) is -3.72. The van der Waals surface area contributed by atoms with Gasteiger partial charge in [-0.3, -0.25) is 4.72 Å². The first kappa shape index (κ1) is 14.9. The van der Waals surface area contributed by atoms with E-state index >= 15 is 0 Å². The van der Waals surface area contributed by atoms with Gasteiger partial charge in [-0.15, -0.1) is 0 Å². The smallest absolute Gasteiger partial charge is 0.262 e. The summed E-state index contributed by atoms with van der Waals surface area (Å²) >= 11 is 9.57. The number of nitrogens with zero attached hydrogens (tertiary/aromatic N) is 2. The minimum atomic E-state index is -3.72. The van der Waals surface area contributed by atoms with Crippen molar-refractivity contribution in [1.82, 2.24) is 9.97 Å². The molecule has 0 atom stereocenters. The summed E-state index contributed by atoms with van der Waals surface area (Å²) < 4.78 is 28.5. The molecular formula is C10H6Br3N3O2S. The van der Waals surface area contributed by atoms with Crippen LogP contribution < -0.4 is 4.72 Å². The first-order valence-corrected chi connectivity index (χ1v) is 8.70. The van der Waals surface area contributed by atoms with Crippen LogP contribution in [0.2, 0.25) is 0 Å². The highest BCUT2D eigenvalue weighted by Crippen LogP contribution is 2.27. The first-order valence-electron chi connectivity index (χ1n) is 4.84. The molecule has 0 aliphatic carbocycles. The summed E-state index contributed by atoms with van der Waals surface area (Å²) in [6, 6.07) is 4.88. The molecule has 1 aromatic heterocycles. The standard InChI is InChI=1S/C10H6Br3N3O2S/c11-6-1-2-7(12)8(3-6)19(17,18)16-10-5-14-9(13)4-15-10/h1-5H,(H,15,16). The van der Waals surface area contributed by atoms with Gasteiger partial charge in [-0.1, -0.05) is 15.9 Å². The molecule has 0 radical (unpaired) electrons. The van der Waals surface area contributed by atoms with Gasteiger partial charge in [-0.2, -0.15) is 0 Å². The number of anilines is 1. The van der Waals surface area contributed by atoms with E-state index in [4.69, 9.17) is 0 Å². The van der Waals surface area contributed by atoms with Crippen molar-refractivity contribution in [3.05, 3.63) is 44.1 Å². The van der Waals surface area contributed by atoms with E-state index in [1.807, 2.05) is 0 Å². The van der Waals surface area contributed by atoms with Crippen molar-refractivity contribution in [2.45, 2.75) is 4.90 Å². The summed E-state index contributed by atoms with van der Waals surface area (Å²) in [6.45, 7) is 0. The minimum Gasteiger partial charge on any atom is -0.262 e. The number of hydrogen-bond donors (Lipinski definition) is 1. The highest BCUT2D eigenvalue weighted by atomic mass is 79.9. The van der Waals surface area contributed by atoms with Gasteiger partial charge in [0.1, 0.15) is 9.50 Å². The molecular weight excluding hydrogens is 466 g/mol. The Morgan fingerprint density at radius 3 is 2.42 bits per heavy atom. The number of hydrogen-bond acceptors (Lipinski definition) is 4. The molecule has 0 aliphatic rings. The Hall–Kier alpha value is -0.510. The van der Waals surface area contributed by atoms with Gasteiger partial charge in [0.2, 0.25) is 0 Å². The van der Waals surface area contributed by atoms with Crippen LogP contribution >= 0.6 is 47.8 Å². The van der Waals surface area contributed by atoms with Crippen LogP contribution in [0.1, 0.15) is 0 Å². The van der Waals surface area contributed by atoms with Crippen LogP contribution in [-0.2, 0) is 10.0 Å². The third-order valence-corrected chi connectivity index (χ3v) is 5.29. The fraction of sp³-hybridized carbons (Fsp3) is 0. The molecule has 5 nitrogen and oxygen atoms in total. The first-order chi connectivity index (χ1) is 8.88. The predicted octanol–water partition coefficient (Wildman–Crippen LogP) is 3.56. The largest absolute Gasteiger partial charge is 0.264 e. The highest BCUT2D eigenvalue weighted by Gasteiger charge is 2.18. The van der Waals surface area contributed by atoms with Crippen molar-refractivity contribution in [3.63, 3.8) is 0 Å². The lowest BCUT2D eigenvalue weighted by atomic mass is 10.4. The summed E-state index contributed by atoms with van der Waals surface area (Å²) in [5, 5.41) is 0. The fourth-order valence-corrected chi connectivity index (χ4v) is 3.94. The van der Waals surface area contributed by atoms with Gasteiger partial charge in [-0.25, -0.2) is 18.4 Å². The molecule has 9 heteroatoms. The van der Waals surface area contributed by atoms with Crippen molar-refractivity contribution in [1.29, 1.82) is 0 Å². The maximum atomic E-state index is 12.2. The van der Waals surface area contributed by atoms with Crippen LogP contribution in [0.15, 0.2) is 49.0 Å². The van der Waals surface area contributed by atoms with E-state index in [0.717, 1.165) is 0 Å². The second-order valence-corrected chi connectivity index (χ2v) is 7.64. The number of sulfonamides is 1. The molecule has 0 aliphatic heterocycles. The average Bonchev–Trinajstić information content (AvgIpc) is 2.35. The molecule has 1 aromatic carbocycles. The van der Waals surface area contributed by atoms with Crippen molar-refractivity contribution >= 4 is 63.6 Å². The summed E-state index contributed by atoms with van der Waals surface area (Å²) in [6.07, 6.45) is 2.74. The van der Waals surface area contributed by atoms with E-state index in [1.54, 1.807) is 12.1 Å². The predicted molar refractivity (Wildman–Crippen MR) is 82.4 cm³/mol. The van der Waals surface area contributed by atoms with Crippen molar-refractivity contribution in [2.24, 2.45) is 0 Å². The van der Waals surface area contributed by atoms with Gasteiger partial charge in [0, 0.05) is 8.95 Å². The Morgan fingerprint density at radius 2 is 1.79 bits per heavy atom. The summed E-state index contributed by atoms with van der Waals surface area (Å²) in [4.78, 5) is 7.93. The molecule has 0 bridgehead atoms. The Bertz CT molecular complexity index is 704. The summed E-state index contributed by atoms with van der Waals surface area (Å²) in [5.41, 5.74) is 0. The third-order valence-electron chi connectivity index (χ3n) is 2.04. The SMILES string of the molecule is O=S(=O)(Nc1cnc(Br)cn1)c1cc(Br)ccc1Br. The summed E-state index contributed by atoms with van der Waals surface area (Å²) in [5.74, 6) is 0.148. The van der Waals surface area contributed by atoms with E-state index in [9.17, 15) is 8.42 Å². The lowest BCUT2D eigenvalue weighted by molar-refractivity contribution is 0.600. The molecule has 2 aromatic rings. The average molecular weight is 472 g/mol. The molecule has 1 N–H and O–H groups in total. The minimum absolute atomic E-state index is 0.117. The maximum Gasteiger partial charge on any atom is 0.264 e. The van der Waals surface area contributed by atoms with E-state index in [-0.39, 0.29) is 10.7 Å². The van der Waals surface area contributed by atoms with E-state index < -0.39 is 10.0 Å². The quantitative estimate of drug-likeness (QED) is 0.743. The normalized spacial score (nSPS) is 11.3. The molecule has 19 heavy (non-hydrogen) atoms. The molecule has 1 heterocycles. The molecule has 0 fully saturated rings. The molecule has 100 valence electrons. The van der Waals surface area contributed by atoms with Gasteiger partial charge < -0.3 is 0 Å². The Kier molecular flexibility index (Phi) is 4.59. The Labute approximate surface area is 135 Å². The molecule has 0 saturated carbocycles. The Morgan fingerprint density at radius 1 is 1.05 bits per heavy atom. The van der Waals surface area contributed by atoms with Crippen LogP contribution in [0.25, 0.3) is 0 Å². The fourth-order valence-electron chi connectivity index (χ4n) is 1.24. The second-order valence-electron chi connectivity index (χ2n) is 3.40. The molecule has 2 rings (SSSR count). The number of nitrogens with one attached hydrogen (secondary N) is 1. The third kappa shape index (κ3) is 3.74. The van der Waals surface area contributed by atoms with Gasteiger partial charge in [0.15, 0.2) is 5.82 Å². The number of benzene rings is 1. The molecule has 0 spiro atoms. The topological polar surface area (TPSA) is 72.0 Å². The molecule has 0 amide bonds. The van der Waals surface area contributed by atoms with Crippen LogP contribution in [0.3, 0.4) is 0 Å². The van der Waals surface area contributed by atoms with Gasteiger partial charge in [0.05, 0.1) is 12.4 Å². The van der Waals surface area contributed by atoms with Crippen molar-refractivity contribution in [2.75, 3.05) is 4.72 Å². The lowest BCUT2D eigenvalue weighted by Gasteiger charge is -2.09. The monoisotopic (exact) mass is 469 g/mol. The lowest BCUT2D eigenvalue weighted by Crippen LogP contribution is -2.14. The number of rotatable bonds is 3. The molecule has 0 saturated heterocycles. The van der Waals surface area contributed by atoms with E-state index in [1.165, 1.54) is 18.5 Å². The second kappa shape index (κ2) is 5.86. The zero-order valence-electron chi connectivity index (χ0n) is 9.14. The van der Waals surface area contributed by atoms with Crippen molar-refractivity contribution in [3.8, 4) is 0 Å². The number of aromatic nitrogens is 2. The van der Waals surface area contributed by atoms with Crippen molar-refractivity contribution < 1.29 is 8.42 Å². The van der Waals surface area contributed by atoms with Gasteiger partial charge >= 0.3 is 0 Å². The van der Waals surface area contributed by atoms with Gasteiger partial charge in [-0.05, 0) is 50.1 Å². The van der Waals surface area contributed by atoms with Gasteiger partial charge in [0.25, 0.3) is 10.0 Å². The zero-order chi connectivity index (χ0) is 14.0. The zero-order valence-corrected chi connectivity index (χ0v) is 14.7. The van der Waals surface area contributed by atoms with E-state index in [0.29, 0.717) is 13.5 Å². The Balaban J connectivity index is 2.37. The van der Waals surface area contributed by atoms with Crippen LogP contribution in [0.4, 0.5) is 5.82 Å².